The van der Waals surface area contributed by atoms with Gasteiger partial charge >= 0.3 is 0 Å². The lowest BCUT2D eigenvalue weighted by atomic mass is 10.2. The zero-order valence-electron chi connectivity index (χ0n) is 12.2. The molecule has 2 aromatic rings. The summed E-state index contributed by atoms with van der Waals surface area (Å²) >= 11 is 0. The summed E-state index contributed by atoms with van der Waals surface area (Å²) in [4.78, 5) is 16.3. The van der Waals surface area contributed by atoms with Gasteiger partial charge in [-0.1, -0.05) is 24.3 Å². The lowest BCUT2D eigenvalue weighted by Gasteiger charge is -2.17. The van der Waals surface area contributed by atoms with Crippen LogP contribution in [0.25, 0.3) is 10.9 Å². The van der Waals surface area contributed by atoms with E-state index >= 15 is 0 Å². The normalized spacial score (nSPS) is 11.5. The molecule has 0 atom stereocenters. The fourth-order valence-electron chi connectivity index (χ4n) is 2.02. The lowest BCUT2D eigenvalue weighted by molar-refractivity contribution is -0.116. The van der Waals surface area contributed by atoms with E-state index in [1.807, 2.05) is 18.2 Å². The molecule has 6 nitrogen and oxygen atoms in total. The summed E-state index contributed by atoms with van der Waals surface area (Å²) in [6.45, 7) is 3.31. The van der Waals surface area contributed by atoms with Crippen molar-refractivity contribution < 1.29 is 13.2 Å². The molecule has 7 heteroatoms. The van der Waals surface area contributed by atoms with Gasteiger partial charge in [-0.05, 0) is 12.1 Å². The molecule has 0 saturated carbocycles. The molecular formula is C15H17N3O3S. The predicted molar refractivity (Wildman–Crippen MR) is 87.0 cm³/mol. The van der Waals surface area contributed by atoms with Gasteiger partial charge in [0.1, 0.15) is 0 Å². The van der Waals surface area contributed by atoms with Crippen molar-refractivity contribution in [3.8, 4) is 0 Å². The molecule has 0 spiro atoms. The van der Waals surface area contributed by atoms with Gasteiger partial charge in [0.2, 0.25) is 15.9 Å². The van der Waals surface area contributed by atoms with E-state index in [1.54, 1.807) is 18.3 Å². The predicted octanol–water partition coefficient (Wildman–Crippen LogP) is 1.62. The largest absolute Gasteiger partial charge is 0.323 e. The number of hydrogen-bond donors (Lipinski definition) is 1. The van der Waals surface area contributed by atoms with Crippen LogP contribution in [0.5, 0.6) is 0 Å². The number of anilines is 1. The van der Waals surface area contributed by atoms with Crippen LogP contribution in [0.4, 0.5) is 5.69 Å². The third kappa shape index (κ3) is 3.90. The average Bonchev–Trinajstić information content (AvgIpc) is 2.46. The first-order valence-corrected chi connectivity index (χ1v) is 8.46. The maximum absolute atomic E-state index is 12.1. The number of para-hydroxylation sites is 1. The molecule has 2 rings (SSSR count). The maximum Gasteiger partial charge on any atom is 0.239 e. The summed E-state index contributed by atoms with van der Waals surface area (Å²) in [5.74, 6) is -0.426. The number of nitrogens with one attached hydrogen (secondary N) is 1. The number of sulfonamides is 1. The molecule has 0 aliphatic heterocycles. The Hall–Kier alpha value is -2.25. The Labute approximate surface area is 129 Å². The number of carbonyl (C=O) groups excluding carboxylic acids is 1. The van der Waals surface area contributed by atoms with Crippen LogP contribution in [0, 0.1) is 0 Å². The molecule has 0 aliphatic rings. The lowest BCUT2D eigenvalue weighted by Crippen LogP contribution is -2.37. The summed E-state index contributed by atoms with van der Waals surface area (Å²) in [5.41, 5.74) is 1.21. The highest BCUT2D eigenvalue weighted by molar-refractivity contribution is 7.88. The summed E-state index contributed by atoms with van der Waals surface area (Å²) in [6, 6.07) is 9.11. The Morgan fingerprint density at radius 1 is 1.36 bits per heavy atom. The highest BCUT2D eigenvalue weighted by Crippen LogP contribution is 2.20. The topological polar surface area (TPSA) is 79.4 Å². The third-order valence-corrected chi connectivity index (χ3v) is 4.24. The number of carbonyl (C=O) groups is 1. The second kappa shape index (κ2) is 6.67. The zero-order chi connectivity index (χ0) is 16.2. The maximum atomic E-state index is 12.1. The Morgan fingerprint density at radius 3 is 2.77 bits per heavy atom. The van der Waals surface area contributed by atoms with Gasteiger partial charge in [-0.2, -0.15) is 4.31 Å². The second-order valence-corrected chi connectivity index (χ2v) is 6.76. The van der Waals surface area contributed by atoms with Crippen molar-refractivity contribution in [3.05, 3.63) is 49.2 Å². The van der Waals surface area contributed by atoms with Gasteiger partial charge in [0.15, 0.2) is 0 Å². The molecule has 1 aromatic heterocycles. The van der Waals surface area contributed by atoms with Gasteiger partial charge in [0.25, 0.3) is 0 Å². The molecule has 0 aliphatic carbocycles. The van der Waals surface area contributed by atoms with E-state index in [4.69, 9.17) is 0 Å². The number of aromatic nitrogens is 1. The Morgan fingerprint density at radius 2 is 2.09 bits per heavy atom. The van der Waals surface area contributed by atoms with Crippen LogP contribution in [0.15, 0.2) is 49.2 Å². The summed E-state index contributed by atoms with van der Waals surface area (Å²) < 4.78 is 24.3. The van der Waals surface area contributed by atoms with Crippen molar-refractivity contribution in [2.45, 2.75) is 0 Å². The van der Waals surface area contributed by atoms with E-state index in [1.165, 1.54) is 6.08 Å². The van der Waals surface area contributed by atoms with Crippen molar-refractivity contribution in [1.29, 1.82) is 0 Å². The molecule has 1 amide bonds. The smallest absolute Gasteiger partial charge is 0.239 e. The van der Waals surface area contributed by atoms with Gasteiger partial charge in [0.05, 0.1) is 24.0 Å². The first-order chi connectivity index (χ1) is 10.4. The van der Waals surface area contributed by atoms with E-state index < -0.39 is 15.9 Å². The minimum Gasteiger partial charge on any atom is -0.323 e. The molecule has 22 heavy (non-hydrogen) atoms. The van der Waals surface area contributed by atoms with E-state index in [-0.39, 0.29) is 13.1 Å². The van der Waals surface area contributed by atoms with Crippen LogP contribution in [0.3, 0.4) is 0 Å². The SMILES string of the molecule is C=CCN(CC(=O)Nc1cccc2cccnc12)S(C)(=O)=O. The van der Waals surface area contributed by atoms with Crippen molar-refractivity contribution >= 4 is 32.5 Å². The number of fused-ring (bicyclic) bond motifs is 1. The number of nitrogens with zero attached hydrogens (tertiary/aromatic N) is 2. The molecule has 0 saturated heterocycles. The van der Waals surface area contributed by atoms with Gasteiger partial charge in [0, 0.05) is 18.1 Å². The van der Waals surface area contributed by atoms with Crippen molar-refractivity contribution in [2.24, 2.45) is 0 Å². The van der Waals surface area contributed by atoms with E-state index in [0.717, 1.165) is 15.9 Å². The van der Waals surface area contributed by atoms with Gasteiger partial charge in [-0.3, -0.25) is 9.78 Å². The zero-order valence-corrected chi connectivity index (χ0v) is 13.0. The van der Waals surface area contributed by atoms with Crippen LogP contribution in [0.2, 0.25) is 0 Å². The van der Waals surface area contributed by atoms with Crippen molar-refractivity contribution in [2.75, 3.05) is 24.7 Å². The monoisotopic (exact) mass is 319 g/mol. The average molecular weight is 319 g/mol. The number of benzene rings is 1. The van der Waals surface area contributed by atoms with Gasteiger partial charge < -0.3 is 5.32 Å². The molecule has 0 unspecified atom stereocenters. The fraction of sp³-hybridized carbons (Fsp3) is 0.200. The molecule has 0 fully saturated rings. The van der Waals surface area contributed by atoms with Crippen LogP contribution >= 0.6 is 0 Å². The van der Waals surface area contributed by atoms with Crippen LogP contribution < -0.4 is 5.32 Å². The Kier molecular flexibility index (Phi) is 4.89. The Bertz CT molecular complexity index is 797. The third-order valence-electron chi connectivity index (χ3n) is 3.03. The highest BCUT2D eigenvalue weighted by Gasteiger charge is 2.19. The molecule has 1 N–H and O–H groups in total. The van der Waals surface area contributed by atoms with E-state index in [2.05, 4.69) is 16.9 Å². The molecule has 1 heterocycles. The van der Waals surface area contributed by atoms with Crippen LogP contribution in [-0.4, -0.2) is 43.0 Å². The summed E-state index contributed by atoms with van der Waals surface area (Å²) in [5, 5.41) is 3.60. The summed E-state index contributed by atoms with van der Waals surface area (Å²) in [6.07, 6.45) is 4.13. The first kappa shape index (κ1) is 16.1. The van der Waals surface area contributed by atoms with Crippen LogP contribution in [-0.2, 0) is 14.8 Å². The molecular weight excluding hydrogens is 302 g/mol. The molecule has 116 valence electrons. The van der Waals surface area contributed by atoms with E-state index in [0.29, 0.717) is 11.2 Å². The minimum absolute atomic E-state index is 0.0834. The number of amides is 1. The highest BCUT2D eigenvalue weighted by atomic mass is 32.2. The standard InChI is InChI=1S/C15H17N3O3S/c1-3-10-18(22(2,20)21)11-14(19)17-13-8-4-6-12-7-5-9-16-15(12)13/h3-9H,1,10-11H2,2H3,(H,17,19). The van der Waals surface area contributed by atoms with Gasteiger partial charge in [-0.25, -0.2) is 8.42 Å². The van der Waals surface area contributed by atoms with Gasteiger partial charge in [-0.15, -0.1) is 6.58 Å². The quantitative estimate of drug-likeness (QED) is 0.821. The van der Waals surface area contributed by atoms with Crippen LogP contribution in [0.1, 0.15) is 0 Å². The molecule has 0 radical (unpaired) electrons. The van der Waals surface area contributed by atoms with Crippen molar-refractivity contribution in [1.82, 2.24) is 9.29 Å². The number of pyridine rings is 1. The Balaban J connectivity index is 2.19. The fourth-order valence-corrected chi connectivity index (χ4v) is 2.74. The molecule has 1 aromatic carbocycles. The van der Waals surface area contributed by atoms with Crippen molar-refractivity contribution in [3.63, 3.8) is 0 Å². The summed E-state index contributed by atoms with van der Waals surface area (Å²) in [7, 11) is -3.47. The first-order valence-electron chi connectivity index (χ1n) is 6.61. The molecule has 0 bridgehead atoms. The van der Waals surface area contributed by atoms with E-state index in [9.17, 15) is 13.2 Å². The second-order valence-electron chi connectivity index (χ2n) is 4.77. The number of hydrogen-bond acceptors (Lipinski definition) is 4. The number of rotatable bonds is 6. The minimum atomic E-state index is -3.47.